The van der Waals surface area contributed by atoms with Crippen LogP contribution in [0.4, 0.5) is 18.9 Å². The van der Waals surface area contributed by atoms with E-state index in [0.717, 1.165) is 12.1 Å². The molecule has 0 aliphatic carbocycles. The van der Waals surface area contributed by atoms with Crippen LogP contribution in [0.3, 0.4) is 0 Å². The minimum atomic E-state index is -4.36. The third kappa shape index (κ3) is 4.95. The number of benzene rings is 1. The number of halogens is 4. The minimum absolute atomic E-state index is 0.367. The van der Waals surface area contributed by atoms with Gasteiger partial charge in [-0.3, -0.25) is 0 Å². The van der Waals surface area contributed by atoms with Gasteiger partial charge >= 0.3 is 6.18 Å². The summed E-state index contributed by atoms with van der Waals surface area (Å²) in [5.74, 6) is 0. The lowest BCUT2D eigenvalue weighted by Crippen LogP contribution is -2.11. The fourth-order valence-electron chi connectivity index (χ4n) is 1.28. The Labute approximate surface area is 106 Å². The summed E-state index contributed by atoms with van der Waals surface area (Å²) in [6.07, 6.45) is -4.35. The zero-order valence-electron chi connectivity index (χ0n) is 9.18. The van der Waals surface area contributed by atoms with E-state index in [4.69, 9.17) is 5.11 Å². The molecule has 1 aromatic carbocycles. The summed E-state index contributed by atoms with van der Waals surface area (Å²) in [6, 6.07) is 3.64. The molecule has 1 aromatic rings. The molecular formula is C11H13BrF3NO. The van der Waals surface area contributed by atoms with Gasteiger partial charge in [0.2, 0.25) is 0 Å². The molecule has 6 heteroatoms. The van der Waals surface area contributed by atoms with Crippen molar-refractivity contribution in [3.8, 4) is 0 Å². The first-order valence-corrected chi connectivity index (χ1v) is 5.88. The summed E-state index contributed by atoms with van der Waals surface area (Å²) >= 11 is 3.04. The molecule has 0 aliphatic rings. The van der Waals surface area contributed by atoms with Gasteiger partial charge < -0.3 is 10.4 Å². The highest BCUT2D eigenvalue weighted by Crippen LogP contribution is 2.33. The summed E-state index contributed by atoms with van der Waals surface area (Å²) in [7, 11) is 0. The average molecular weight is 312 g/mol. The van der Waals surface area contributed by atoms with Crippen LogP contribution < -0.4 is 5.32 Å². The van der Waals surface area contributed by atoms with Crippen LogP contribution in [0.5, 0.6) is 0 Å². The molecule has 2 nitrogen and oxygen atoms in total. The van der Waals surface area contributed by atoms with E-state index in [0.29, 0.717) is 23.1 Å². The van der Waals surface area contributed by atoms with Crippen LogP contribution in [0, 0.1) is 0 Å². The fourth-order valence-corrected chi connectivity index (χ4v) is 1.77. The van der Waals surface area contributed by atoms with E-state index in [-0.39, 0.29) is 0 Å². The van der Waals surface area contributed by atoms with Crippen LogP contribution in [0.25, 0.3) is 0 Å². The summed E-state index contributed by atoms with van der Waals surface area (Å²) in [5.41, 5.74) is -0.321. The third-order valence-electron chi connectivity index (χ3n) is 2.12. The van der Waals surface area contributed by atoms with Crippen LogP contribution in [0.2, 0.25) is 0 Å². The molecule has 0 heterocycles. The molecule has 96 valence electrons. The van der Waals surface area contributed by atoms with E-state index >= 15 is 0 Å². The Morgan fingerprint density at radius 1 is 1.35 bits per heavy atom. The molecule has 0 saturated heterocycles. The van der Waals surface area contributed by atoms with Gasteiger partial charge in [0.15, 0.2) is 0 Å². The minimum Gasteiger partial charge on any atom is -0.393 e. The number of aliphatic hydroxyl groups is 1. The van der Waals surface area contributed by atoms with Crippen molar-refractivity contribution >= 4 is 21.6 Å². The first-order valence-electron chi connectivity index (χ1n) is 5.09. The molecule has 2 N–H and O–H groups in total. The zero-order chi connectivity index (χ0) is 13.1. The highest BCUT2D eigenvalue weighted by Gasteiger charge is 2.31. The standard InChI is InChI=1S/C11H13BrF3NO/c1-7(17)2-3-16-10-5-8(11(13,14)15)4-9(12)6-10/h4-7,16-17H,2-3H2,1H3. The van der Waals surface area contributed by atoms with Gasteiger partial charge in [0.1, 0.15) is 0 Å². The van der Waals surface area contributed by atoms with Crippen molar-refractivity contribution in [2.45, 2.75) is 25.6 Å². The molecule has 0 fully saturated rings. The van der Waals surface area contributed by atoms with Gasteiger partial charge in [0, 0.05) is 16.7 Å². The monoisotopic (exact) mass is 311 g/mol. The molecule has 0 aromatic heterocycles. The quantitative estimate of drug-likeness (QED) is 0.889. The van der Waals surface area contributed by atoms with Gasteiger partial charge in [-0.1, -0.05) is 15.9 Å². The van der Waals surface area contributed by atoms with Gasteiger partial charge in [-0.25, -0.2) is 0 Å². The molecule has 1 atom stereocenters. The second-order valence-electron chi connectivity index (χ2n) is 3.79. The molecule has 0 saturated carbocycles. The Bertz CT molecular complexity index is 379. The first kappa shape index (κ1) is 14.3. The number of anilines is 1. The number of nitrogens with one attached hydrogen (secondary N) is 1. The smallest absolute Gasteiger partial charge is 0.393 e. The Kier molecular flexibility index (Phi) is 4.82. The van der Waals surface area contributed by atoms with Gasteiger partial charge in [-0.15, -0.1) is 0 Å². The van der Waals surface area contributed by atoms with E-state index < -0.39 is 17.8 Å². The Balaban J connectivity index is 2.76. The van der Waals surface area contributed by atoms with E-state index in [1.54, 1.807) is 13.0 Å². The van der Waals surface area contributed by atoms with Crippen molar-refractivity contribution in [1.29, 1.82) is 0 Å². The molecule has 0 amide bonds. The molecule has 0 aliphatic heterocycles. The van der Waals surface area contributed by atoms with Gasteiger partial charge in [0.25, 0.3) is 0 Å². The van der Waals surface area contributed by atoms with E-state index in [2.05, 4.69) is 21.2 Å². The highest BCUT2D eigenvalue weighted by atomic mass is 79.9. The second kappa shape index (κ2) is 5.73. The topological polar surface area (TPSA) is 32.3 Å². The predicted octanol–water partition coefficient (Wildman–Crippen LogP) is 3.65. The summed E-state index contributed by atoms with van der Waals surface area (Å²) in [5, 5.41) is 11.9. The number of hydrogen-bond donors (Lipinski definition) is 2. The van der Waals surface area contributed by atoms with Crippen molar-refractivity contribution in [3.05, 3.63) is 28.2 Å². The maximum absolute atomic E-state index is 12.5. The summed E-state index contributed by atoms with van der Waals surface area (Å²) in [6.45, 7) is 2.05. The second-order valence-corrected chi connectivity index (χ2v) is 4.71. The fraction of sp³-hybridized carbons (Fsp3) is 0.455. The summed E-state index contributed by atoms with van der Waals surface area (Å²) in [4.78, 5) is 0. The van der Waals surface area contributed by atoms with E-state index in [1.807, 2.05) is 0 Å². The number of hydrogen-bond acceptors (Lipinski definition) is 2. The van der Waals surface area contributed by atoms with Gasteiger partial charge in [-0.05, 0) is 31.5 Å². The molecule has 0 radical (unpaired) electrons. The molecule has 17 heavy (non-hydrogen) atoms. The maximum Gasteiger partial charge on any atom is 0.416 e. The Hall–Kier alpha value is -0.750. The van der Waals surface area contributed by atoms with Crippen LogP contribution in [0.1, 0.15) is 18.9 Å². The normalized spacial score (nSPS) is 13.5. The van der Waals surface area contributed by atoms with Crippen molar-refractivity contribution in [1.82, 2.24) is 0 Å². The first-order chi connectivity index (χ1) is 7.79. The largest absolute Gasteiger partial charge is 0.416 e. The van der Waals surface area contributed by atoms with Crippen LogP contribution >= 0.6 is 15.9 Å². The third-order valence-corrected chi connectivity index (χ3v) is 2.57. The van der Waals surface area contributed by atoms with Crippen molar-refractivity contribution < 1.29 is 18.3 Å². The molecule has 1 unspecified atom stereocenters. The highest BCUT2D eigenvalue weighted by molar-refractivity contribution is 9.10. The van der Waals surface area contributed by atoms with Crippen molar-refractivity contribution in [3.63, 3.8) is 0 Å². The lowest BCUT2D eigenvalue weighted by molar-refractivity contribution is -0.137. The van der Waals surface area contributed by atoms with Gasteiger partial charge in [-0.2, -0.15) is 13.2 Å². The van der Waals surface area contributed by atoms with Crippen LogP contribution in [-0.2, 0) is 6.18 Å². The van der Waals surface area contributed by atoms with E-state index in [1.165, 1.54) is 0 Å². The molecule has 1 rings (SSSR count). The van der Waals surface area contributed by atoms with Gasteiger partial charge in [0.05, 0.1) is 11.7 Å². The molecule has 0 spiro atoms. The Morgan fingerprint density at radius 3 is 2.53 bits per heavy atom. The lowest BCUT2D eigenvalue weighted by Gasteiger charge is -2.12. The van der Waals surface area contributed by atoms with Crippen molar-refractivity contribution in [2.24, 2.45) is 0 Å². The maximum atomic E-state index is 12.5. The van der Waals surface area contributed by atoms with Crippen molar-refractivity contribution in [2.75, 3.05) is 11.9 Å². The number of aliphatic hydroxyl groups excluding tert-OH is 1. The lowest BCUT2D eigenvalue weighted by atomic mass is 10.2. The zero-order valence-corrected chi connectivity index (χ0v) is 10.8. The molecule has 0 bridgehead atoms. The van der Waals surface area contributed by atoms with Crippen LogP contribution in [-0.4, -0.2) is 17.8 Å². The van der Waals surface area contributed by atoms with Crippen LogP contribution in [0.15, 0.2) is 22.7 Å². The SMILES string of the molecule is CC(O)CCNc1cc(Br)cc(C(F)(F)F)c1. The average Bonchev–Trinajstić information content (AvgIpc) is 2.14. The number of rotatable bonds is 4. The predicted molar refractivity (Wildman–Crippen MR) is 63.9 cm³/mol. The summed E-state index contributed by atoms with van der Waals surface area (Å²) < 4.78 is 37.9. The van der Waals surface area contributed by atoms with E-state index in [9.17, 15) is 13.2 Å². The molecular weight excluding hydrogens is 299 g/mol. The Morgan fingerprint density at radius 2 is 2.00 bits per heavy atom. The number of alkyl halides is 3.